The molecule has 0 radical (unpaired) electrons. The number of nitrogens with one attached hydrogen (secondary N) is 1. The summed E-state index contributed by atoms with van der Waals surface area (Å²) in [6.07, 6.45) is 5.57. The number of benzene rings is 1. The van der Waals surface area contributed by atoms with Crippen LogP contribution in [0, 0.1) is 0 Å². The molecule has 172 valence electrons. The van der Waals surface area contributed by atoms with Gasteiger partial charge in [0.2, 0.25) is 0 Å². The van der Waals surface area contributed by atoms with Crippen LogP contribution in [0.2, 0.25) is 0 Å². The molecule has 3 rings (SSSR count). The second-order valence-electron chi connectivity index (χ2n) is 7.28. The minimum Gasteiger partial charge on any atom is -0.496 e. The first-order valence-corrected chi connectivity index (χ1v) is 11.1. The lowest BCUT2D eigenvalue weighted by atomic mass is 10.0. The zero-order valence-electron chi connectivity index (χ0n) is 19.0. The summed E-state index contributed by atoms with van der Waals surface area (Å²) in [5, 5.41) is 4.60. The molecule has 0 aliphatic heterocycles. The van der Waals surface area contributed by atoms with E-state index >= 15 is 0 Å². The number of aromatic nitrogens is 1. The summed E-state index contributed by atoms with van der Waals surface area (Å²) in [6, 6.07) is 3.76. The summed E-state index contributed by atoms with van der Waals surface area (Å²) in [6.45, 7) is 1.46. The van der Waals surface area contributed by atoms with Gasteiger partial charge in [0, 0.05) is 43.2 Å². The predicted octanol–water partition coefficient (Wildman–Crippen LogP) is 3.92. The fourth-order valence-electron chi connectivity index (χ4n) is 3.76. The van der Waals surface area contributed by atoms with E-state index in [1.165, 1.54) is 29.8 Å². The van der Waals surface area contributed by atoms with Crippen LogP contribution in [-0.2, 0) is 25.8 Å². The fraction of sp³-hybridized carbons (Fsp3) is 0.545. The first-order chi connectivity index (χ1) is 14.6. The third-order valence-corrected chi connectivity index (χ3v) is 6.45. The van der Waals surface area contributed by atoms with E-state index in [4.69, 9.17) is 19.2 Å². The molecule has 0 unspecified atom stereocenters. The number of halogens is 1. The van der Waals surface area contributed by atoms with E-state index in [0.717, 1.165) is 47.4 Å². The van der Waals surface area contributed by atoms with Gasteiger partial charge in [-0.15, -0.1) is 35.3 Å². The van der Waals surface area contributed by atoms with Crippen LogP contribution in [0.15, 0.2) is 17.1 Å². The van der Waals surface area contributed by atoms with E-state index < -0.39 is 0 Å². The average molecular weight is 561 g/mol. The monoisotopic (exact) mass is 560 g/mol. The van der Waals surface area contributed by atoms with E-state index in [9.17, 15) is 0 Å². The Kier molecular flexibility index (Phi) is 10.1. The van der Waals surface area contributed by atoms with Crippen molar-refractivity contribution in [2.45, 2.75) is 38.6 Å². The van der Waals surface area contributed by atoms with Crippen LogP contribution in [0.4, 0.5) is 0 Å². The van der Waals surface area contributed by atoms with Crippen LogP contribution in [-0.4, -0.2) is 57.8 Å². The van der Waals surface area contributed by atoms with Crippen molar-refractivity contribution in [1.29, 1.82) is 0 Å². The number of hydrogen-bond acceptors (Lipinski definition) is 6. The number of aliphatic imine (C=N–C) groups is 1. The number of methoxy groups -OCH3 is 3. The molecular weight excluding hydrogens is 527 g/mol. The van der Waals surface area contributed by atoms with E-state index in [2.05, 4.69) is 15.2 Å². The molecule has 1 N–H and O–H groups in total. The van der Waals surface area contributed by atoms with Gasteiger partial charge in [-0.3, -0.25) is 4.99 Å². The summed E-state index contributed by atoms with van der Waals surface area (Å²) in [7, 11) is 8.80. The molecule has 1 aliphatic rings. The molecule has 0 fully saturated rings. The molecule has 1 aromatic heterocycles. The third-order valence-electron chi connectivity index (χ3n) is 5.31. The van der Waals surface area contributed by atoms with Gasteiger partial charge in [0.05, 0.1) is 33.6 Å². The summed E-state index contributed by atoms with van der Waals surface area (Å²) in [4.78, 5) is 12.9. The van der Waals surface area contributed by atoms with Crippen molar-refractivity contribution in [3.8, 4) is 17.2 Å². The van der Waals surface area contributed by atoms with Gasteiger partial charge in [-0.2, -0.15) is 0 Å². The van der Waals surface area contributed by atoms with Crippen LogP contribution in [0.25, 0.3) is 0 Å². The number of ether oxygens (including phenoxy) is 3. The highest BCUT2D eigenvalue weighted by Gasteiger charge is 2.17. The number of rotatable bonds is 8. The second-order valence-corrected chi connectivity index (χ2v) is 8.44. The van der Waals surface area contributed by atoms with Crippen LogP contribution in [0.5, 0.6) is 17.2 Å². The van der Waals surface area contributed by atoms with Crippen LogP contribution in [0.1, 0.15) is 34.0 Å². The first kappa shape index (κ1) is 25.5. The zero-order valence-corrected chi connectivity index (χ0v) is 22.1. The Balaban J connectivity index is 0.00000341. The number of guanidine groups is 1. The Bertz CT molecular complexity index is 839. The van der Waals surface area contributed by atoms with Gasteiger partial charge in [-0.1, -0.05) is 0 Å². The molecule has 1 heterocycles. The van der Waals surface area contributed by atoms with E-state index in [1.807, 2.05) is 30.5 Å². The summed E-state index contributed by atoms with van der Waals surface area (Å²) >= 11 is 1.85. The van der Waals surface area contributed by atoms with Crippen molar-refractivity contribution in [3.05, 3.63) is 33.3 Å². The Morgan fingerprint density at radius 1 is 1.13 bits per heavy atom. The highest BCUT2D eigenvalue weighted by Crippen LogP contribution is 2.34. The van der Waals surface area contributed by atoms with Crippen LogP contribution >= 0.6 is 35.3 Å². The van der Waals surface area contributed by atoms with Gasteiger partial charge >= 0.3 is 0 Å². The van der Waals surface area contributed by atoms with Gasteiger partial charge in [0.15, 0.2) is 5.96 Å². The number of thiazole rings is 1. The Hall–Kier alpha value is -1.75. The number of aryl methyl sites for hydroxylation is 2. The highest BCUT2D eigenvalue weighted by molar-refractivity contribution is 14.0. The summed E-state index contributed by atoms with van der Waals surface area (Å²) < 4.78 is 16.4. The Labute approximate surface area is 206 Å². The molecule has 0 bridgehead atoms. The highest BCUT2D eigenvalue weighted by atomic mass is 127. The topological polar surface area (TPSA) is 68.2 Å². The lowest BCUT2D eigenvalue weighted by Crippen LogP contribution is -2.39. The number of hydrogen-bond donors (Lipinski definition) is 1. The van der Waals surface area contributed by atoms with Gasteiger partial charge in [0.1, 0.15) is 22.3 Å². The average Bonchev–Trinajstić information content (AvgIpc) is 3.18. The van der Waals surface area contributed by atoms with E-state index in [1.54, 1.807) is 28.4 Å². The molecular formula is C22H33IN4O3S. The number of fused-ring (bicyclic) bond motifs is 1. The molecule has 0 saturated heterocycles. The Morgan fingerprint density at radius 3 is 2.39 bits per heavy atom. The van der Waals surface area contributed by atoms with E-state index in [-0.39, 0.29) is 24.0 Å². The molecule has 9 heteroatoms. The largest absolute Gasteiger partial charge is 0.496 e. The van der Waals surface area contributed by atoms with Crippen molar-refractivity contribution in [1.82, 2.24) is 15.2 Å². The number of nitrogens with zero attached hydrogens (tertiary/aromatic N) is 3. The molecule has 0 atom stereocenters. The maximum absolute atomic E-state index is 5.55. The van der Waals surface area contributed by atoms with Gasteiger partial charge in [0.25, 0.3) is 0 Å². The quantitative estimate of drug-likeness (QED) is 0.300. The molecule has 0 amide bonds. The lowest BCUT2D eigenvalue weighted by molar-refractivity contribution is 0.368. The lowest BCUT2D eigenvalue weighted by Gasteiger charge is -2.21. The summed E-state index contributed by atoms with van der Waals surface area (Å²) in [5.41, 5.74) is 2.30. The van der Waals surface area contributed by atoms with Gasteiger partial charge in [-0.05, 0) is 32.1 Å². The van der Waals surface area contributed by atoms with Crippen LogP contribution in [0.3, 0.4) is 0 Å². The zero-order chi connectivity index (χ0) is 21.5. The van der Waals surface area contributed by atoms with Crippen molar-refractivity contribution >= 4 is 41.3 Å². The van der Waals surface area contributed by atoms with Crippen molar-refractivity contribution in [3.63, 3.8) is 0 Å². The van der Waals surface area contributed by atoms with Crippen molar-refractivity contribution in [2.24, 2.45) is 4.99 Å². The molecule has 31 heavy (non-hydrogen) atoms. The fourth-order valence-corrected chi connectivity index (χ4v) is 4.97. The van der Waals surface area contributed by atoms with Crippen molar-refractivity contribution in [2.75, 3.05) is 42.0 Å². The smallest absolute Gasteiger partial charge is 0.193 e. The molecule has 2 aromatic rings. The summed E-state index contributed by atoms with van der Waals surface area (Å²) in [5.74, 6) is 3.06. The standard InChI is InChI=1S/C22H32N4O3S.HI/c1-23-22(26(2)14-21-25-17-8-6-7-9-20(17)30-21)24-11-10-16-18(28-4)12-15(27-3)13-19(16)29-5;/h12-13H,6-11,14H2,1-5H3,(H,23,24);1H. The van der Waals surface area contributed by atoms with Crippen LogP contribution < -0.4 is 19.5 Å². The maximum atomic E-state index is 5.55. The van der Waals surface area contributed by atoms with Crippen molar-refractivity contribution < 1.29 is 14.2 Å². The normalized spacial score (nSPS) is 13.1. The second kappa shape index (κ2) is 12.3. The van der Waals surface area contributed by atoms with Gasteiger partial charge < -0.3 is 24.4 Å². The van der Waals surface area contributed by atoms with Gasteiger partial charge in [-0.25, -0.2) is 4.98 Å². The molecule has 7 nitrogen and oxygen atoms in total. The first-order valence-electron chi connectivity index (χ1n) is 10.3. The molecule has 0 saturated carbocycles. The molecule has 1 aromatic carbocycles. The molecule has 0 spiro atoms. The van der Waals surface area contributed by atoms with E-state index in [0.29, 0.717) is 12.3 Å². The SMILES string of the molecule is CN=C(NCCc1c(OC)cc(OC)cc1OC)N(C)Cc1nc2c(s1)CCCC2.I. The third kappa shape index (κ3) is 6.38. The Morgan fingerprint density at radius 2 is 1.81 bits per heavy atom. The predicted molar refractivity (Wildman–Crippen MR) is 137 cm³/mol. The molecule has 1 aliphatic carbocycles. The minimum atomic E-state index is 0. The maximum Gasteiger partial charge on any atom is 0.193 e. The minimum absolute atomic E-state index is 0.